The summed E-state index contributed by atoms with van der Waals surface area (Å²) in [6.45, 7) is 0.173. The Kier molecular flexibility index (Phi) is 2.41. The van der Waals surface area contributed by atoms with Gasteiger partial charge in [-0.2, -0.15) is 0 Å². The molecule has 1 saturated heterocycles. The van der Waals surface area contributed by atoms with Crippen LogP contribution < -0.4 is 5.32 Å². The summed E-state index contributed by atoms with van der Waals surface area (Å²) in [7, 11) is 0. The topological polar surface area (TPSA) is 38.3 Å². The minimum Gasteiger partial charge on any atom is -0.447 e. The number of rotatable bonds is 1. The molecule has 14 heavy (non-hydrogen) atoms. The Hall–Kier alpha value is -1.10. The van der Waals surface area contributed by atoms with Crippen molar-refractivity contribution >= 4 is 22.0 Å². The van der Waals surface area contributed by atoms with Gasteiger partial charge in [0, 0.05) is 10.0 Å². The third kappa shape index (κ3) is 1.72. The van der Waals surface area contributed by atoms with Crippen LogP contribution in [0.4, 0.5) is 9.18 Å². The number of cyclic esters (lactones) is 1. The Morgan fingerprint density at radius 3 is 3.00 bits per heavy atom. The molecule has 1 atom stereocenters. The number of ether oxygens (including phenoxy) is 1. The molecule has 1 aromatic rings. The van der Waals surface area contributed by atoms with E-state index in [2.05, 4.69) is 26.0 Å². The highest BCUT2D eigenvalue weighted by atomic mass is 79.9. The lowest BCUT2D eigenvalue weighted by molar-refractivity contribution is 0.177. The van der Waals surface area contributed by atoms with E-state index in [4.69, 9.17) is 0 Å². The van der Waals surface area contributed by atoms with Crippen molar-refractivity contribution in [3.05, 3.63) is 34.1 Å². The molecule has 0 saturated carbocycles. The number of hydrogen-bond acceptors (Lipinski definition) is 2. The molecule has 2 rings (SSSR count). The van der Waals surface area contributed by atoms with Crippen LogP contribution in [0.15, 0.2) is 22.7 Å². The molecule has 1 heterocycles. The maximum atomic E-state index is 13.3. The molecule has 1 aromatic carbocycles. The molecule has 74 valence electrons. The first-order valence-corrected chi connectivity index (χ1v) is 4.84. The van der Waals surface area contributed by atoms with Crippen LogP contribution >= 0.6 is 15.9 Å². The number of amides is 1. The van der Waals surface area contributed by atoms with E-state index in [9.17, 15) is 9.18 Å². The van der Waals surface area contributed by atoms with E-state index in [1.807, 2.05) is 0 Å². The average Bonchev–Trinajstić information content (AvgIpc) is 2.56. The van der Waals surface area contributed by atoms with Crippen molar-refractivity contribution in [2.45, 2.75) is 6.04 Å². The number of halogens is 2. The van der Waals surface area contributed by atoms with Gasteiger partial charge in [-0.3, -0.25) is 0 Å². The van der Waals surface area contributed by atoms with Crippen molar-refractivity contribution in [1.82, 2.24) is 5.32 Å². The van der Waals surface area contributed by atoms with Crippen LogP contribution in [0.3, 0.4) is 0 Å². The molecule has 0 spiro atoms. The van der Waals surface area contributed by atoms with Gasteiger partial charge in [0.1, 0.15) is 12.4 Å². The minimum absolute atomic E-state index is 0.173. The van der Waals surface area contributed by atoms with E-state index in [-0.39, 0.29) is 18.5 Å². The molecule has 0 radical (unpaired) electrons. The fourth-order valence-corrected chi connectivity index (χ4v) is 1.71. The predicted molar refractivity (Wildman–Crippen MR) is 51.3 cm³/mol. The van der Waals surface area contributed by atoms with Crippen molar-refractivity contribution < 1.29 is 13.9 Å². The molecule has 1 amide bonds. The zero-order valence-corrected chi connectivity index (χ0v) is 8.67. The van der Waals surface area contributed by atoms with Crippen LogP contribution in [0.1, 0.15) is 11.6 Å². The van der Waals surface area contributed by atoms with Crippen LogP contribution in [-0.2, 0) is 4.74 Å². The van der Waals surface area contributed by atoms with Gasteiger partial charge in [0.25, 0.3) is 0 Å². The van der Waals surface area contributed by atoms with Gasteiger partial charge in [-0.1, -0.05) is 15.9 Å². The largest absolute Gasteiger partial charge is 0.447 e. The lowest BCUT2D eigenvalue weighted by Crippen LogP contribution is -2.19. The Morgan fingerprint density at radius 1 is 1.57 bits per heavy atom. The molecule has 1 aliphatic heterocycles. The zero-order valence-electron chi connectivity index (χ0n) is 7.09. The number of benzene rings is 1. The minimum atomic E-state index is -0.505. The SMILES string of the molecule is O=C1NC(c2cc(Br)ccc2F)CO1. The molecule has 0 aliphatic carbocycles. The Morgan fingerprint density at radius 2 is 2.36 bits per heavy atom. The molecule has 1 fully saturated rings. The second-order valence-electron chi connectivity index (χ2n) is 2.96. The van der Waals surface area contributed by atoms with Crippen molar-refractivity contribution in [1.29, 1.82) is 0 Å². The molecule has 1 aliphatic rings. The molecule has 1 unspecified atom stereocenters. The smallest absolute Gasteiger partial charge is 0.407 e. The summed E-state index contributed by atoms with van der Waals surface area (Å²) in [6, 6.07) is 4.20. The summed E-state index contributed by atoms with van der Waals surface area (Å²) >= 11 is 3.24. The van der Waals surface area contributed by atoms with E-state index in [1.54, 1.807) is 12.1 Å². The second-order valence-corrected chi connectivity index (χ2v) is 3.88. The van der Waals surface area contributed by atoms with Crippen molar-refractivity contribution in [3.8, 4) is 0 Å². The standard InChI is InChI=1S/C9H7BrFNO2/c10-5-1-2-7(11)6(3-5)8-4-14-9(13)12-8/h1-3,8H,4H2,(H,12,13). The van der Waals surface area contributed by atoms with Crippen LogP contribution in [0.2, 0.25) is 0 Å². The van der Waals surface area contributed by atoms with Gasteiger partial charge in [0.15, 0.2) is 0 Å². The monoisotopic (exact) mass is 259 g/mol. The predicted octanol–water partition coefficient (Wildman–Crippen LogP) is 2.37. The lowest BCUT2D eigenvalue weighted by Gasteiger charge is -2.08. The summed E-state index contributed by atoms with van der Waals surface area (Å²) in [5, 5.41) is 2.52. The Labute approximate surface area is 88.4 Å². The number of alkyl carbamates (subject to hydrolysis) is 1. The summed E-state index contributed by atoms with van der Waals surface area (Å²) < 4.78 is 18.8. The quantitative estimate of drug-likeness (QED) is 0.841. The lowest BCUT2D eigenvalue weighted by atomic mass is 10.1. The molecule has 1 N–H and O–H groups in total. The fraction of sp³-hybridized carbons (Fsp3) is 0.222. The van der Waals surface area contributed by atoms with Crippen LogP contribution in [-0.4, -0.2) is 12.7 Å². The summed E-state index contributed by atoms with van der Waals surface area (Å²) in [5.74, 6) is -0.344. The zero-order chi connectivity index (χ0) is 10.1. The van der Waals surface area contributed by atoms with E-state index in [0.29, 0.717) is 5.56 Å². The molecular formula is C9H7BrFNO2. The van der Waals surface area contributed by atoms with Gasteiger partial charge >= 0.3 is 6.09 Å². The van der Waals surface area contributed by atoms with Gasteiger partial charge < -0.3 is 10.1 Å². The Balaban J connectivity index is 2.31. The van der Waals surface area contributed by atoms with E-state index in [0.717, 1.165) is 4.47 Å². The third-order valence-electron chi connectivity index (χ3n) is 2.01. The fourth-order valence-electron chi connectivity index (χ4n) is 1.33. The summed E-state index contributed by atoms with van der Waals surface area (Å²) in [5.41, 5.74) is 0.435. The van der Waals surface area contributed by atoms with Gasteiger partial charge in [-0.25, -0.2) is 9.18 Å². The maximum absolute atomic E-state index is 13.3. The second kappa shape index (κ2) is 3.57. The Bertz CT molecular complexity index is 383. The number of hydrogen-bond donors (Lipinski definition) is 1. The maximum Gasteiger partial charge on any atom is 0.407 e. The van der Waals surface area contributed by atoms with Gasteiger partial charge in [0.2, 0.25) is 0 Å². The molecule has 3 nitrogen and oxygen atoms in total. The van der Waals surface area contributed by atoms with Gasteiger partial charge in [-0.05, 0) is 18.2 Å². The van der Waals surface area contributed by atoms with Crippen molar-refractivity contribution in [3.63, 3.8) is 0 Å². The highest BCUT2D eigenvalue weighted by Gasteiger charge is 2.26. The third-order valence-corrected chi connectivity index (χ3v) is 2.50. The first-order chi connectivity index (χ1) is 6.66. The average molecular weight is 260 g/mol. The van der Waals surface area contributed by atoms with Gasteiger partial charge in [-0.15, -0.1) is 0 Å². The van der Waals surface area contributed by atoms with Crippen molar-refractivity contribution in [2.75, 3.05) is 6.61 Å². The number of carbonyl (C=O) groups excluding carboxylic acids is 1. The van der Waals surface area contributed by atoms with Crippen LogP contribution in [0, 0.1) is 5.82 Å². The van der Waals surface area contributed by atoms with Crippen LogP contribution in [0.5, 0.6) is 0 Å². The molecular weight excluding hydrogens is 253 g/mol. The van der Waals surface area contributed by atoms with E-state index < -0.39 is 6.09 Å². The van der Waals surface area contributed by atoms with E-state index in [1.165, 1.54) is 6.07 Å². The number of nitrogens with one attached hydrogen (secondary N) is 1. The number of carbonyl (C=O) groups is 1. The highest BCUT2D eigenvalue weighted by Crippen LogP contribution is 2.24. The first-order valence-electron chi connectivity index (χ1n) is 4.05. The van der Waals surface area contributed by atoms with E-state index >= 15 is 0 Å². The first kappa shape index (κ1) is 9.45. The molecule has 0 aromatic heterocycles. The van der Waals surface area contributed by atoms with Crippen LogP contribution in [0.25, 0.3) is 0 Å². The molecule has 0 bridgehead atoms. The summed E-state index contributed by atoms with van der Waals surface area (Å²) in [6.07, 6.45) is -0.505. The highest BCUT2D eigenvalue weighted by molar-refractivity contribution is 9.10. The van der Waals surface area contributed by atoms with Crippen molar-refractivity contribution in [2.24, 2.45) is 0 Å². The van der Waals surface area contributed by atoms with Gasteiger partial charge in [0.05, 0.1) is 6.04 Å². The summed E-state index contributed by atoms with van der Waals surface area (Å²) in [4.78, 5) is 10.8. The molecule has 5 heteroatoms. The normalized spacial score (nSPS) is 20.4.